The number of ether oxygens (including phenoxy) is 1. The second-order valence-corrected chi connectivity index (χ2v) is 4.23. The zero-order chi connectivity index (χ0) is 13.1. The highest BCUT2D eigenvalue weighted by Gasteiger charge is 2.34. The Labute approximate surface area is 105 Å². The Morgan fingerprint density at radius 1 is 1.56 bits per heavy atom. The van der Waals surface area contributed by atoms with Crippen molar-refractivity contribution in [2.24, 2.45) is 0 Å². The Morgan fingerprint density at radius 2 is 2.28 bits per heavy atom. The Kier molecular flexibility index (Phi) is 3.66. The van der Waals surface area contributed by atoms with Gasteiger partial charge in [-0.15, -0.1) is 0 Å². The summed E-state index contributed by atoms with van der Waals surface area (Å²) in [6.07, 6.45) is 2.02. The molecular formula is C12H16N2O4. The molecule has 6 heteroatoms. The van der Waals surface area contributed by atoms with Gasteiger partial charge in [0.15, 0.2) is 5.75 Å². The SMILES string of the molecule is COc1cccc(N(CCO)C2CC2)c1[N+](=O)[O-]. The van der Waals surface area contributed by atoms with Crippen molar-refractivity contribution < 1.29 is 14.8 Å². The lowest BCUT2D eigenvalue weighted by Gasteiger charge is -2.23. The van der Waals surface area contributed by atoms with Gasteiger partial charge in [0.05, 0.1) is 18.6 Å². The fourth-order valence-electron chi connectivity index (χ4n) is 2.08. The molecule has 0 unspecified atom stereocenters. The zero-order valence-corrected chi connectivity index (χ0v) is 10.2. The van der Waals surface area contributed by atoms with Crippen molar-refractivity contribution in [1.82, 2.24) is 0 Å². The molecule has 1 aliphatic carbocycles. The van der Waals surface area contributed by atoms with Gasteiger partial charge in [-0.3, -0.25) is 10.1 Å². The third-order valence-corrected chi connectivity index (χ3v) is 3.02. The minimum atomic E-state index is -0.430. The van der Waals surface area contributed by atoms with Crippen LogP contribution >= 0.6 is 0 Å². The maximum atomic E-state index is 11.2. The van der Waals surface area contributed by atoms with E-state index >= 15 is 0 Å². The first-order valence-corrected chi connectivity index (χ1v) is 5.88. The van der Waals surface area contributed by atoms with Crippen LogP contribution in [-0.2, 0) is 0 Å². The second kappa shape index (κ2) is 5.22. The minimum Gasteiger partial charge on any atom is -0.490 e. The van der Waals surface area contributed by atoms with E-state index in [2.05, 4.69) is 0 Å². The monoisotopic (exact) mass is 252 g/mol. The van der Waals surface area contributed by atoms with E-state index in [0.29, 0.717) is 18.3 Å². The summed E-state index contributed by atoms with van der Waals surface area (Å²) in [6.45, 7) is 0.379. The molecule has 1 N–H and O–H groups in total. The third-order valence-electron chi connectivity index (χ3n) is 3.02. The van der Waals surface area contributed by atoms with E-state index in [4.69, 9.17) is 9.84 Å². The number of benzene rings is 1. The molecule has 0 bridgehead atoms. The van der Waals surface area contributed by atoms with E-state index in [0.717, 1.165) is 12.8 Å². The van der Waals surface area contributed by atoms with Crippen LogP contribution in [0, 0.1) is 10.1 Å². The van der Waals surface area contributed by atoms with Gasteiger partial charge in [-0.1, -0.05) is 6.07 Å². The van der Waals surface area contributed by atoms with Crippen LogP contribution < -0.4 is 9.64 Å². The van der Waals surface area contributed by atoms with Gasteiger partial charge in [0, 0.05) is 12.6 Å². The lowest BCUT2D eigenvalue weighted by Crippen LogP contribution is -2.29. The van der Waals surface area contributed by atoms with Crippen LogP contribution in [0.4, 0.5) is 11.4 Å². The standard InChI is InChI=1S/C12H16N2O4/c1-18-11-4-2-3-10(12(11)14(16)17)13(7-8-15)9-5-6-9/h2-4,9,15H,5-8H2,1H3. The summed E-state index contributed by atoms with van der Waals surface area (Å²) < 4.78 is 5.04. The molecule has 1 aromatic carbocycles. The minimum absolute atomic E-state index is 0.0230. The van der Waals surface area contributed by atoms with Crippen molar-refractivity contribution in [1.29, 1.82) is 0 Å². The smallest absolute Gasteiger partial charge is 0.333 e. The van der Waals surface area contributed by atoms with Gasteiger partial charge >= 0.3 is 5.69 Å². The molecule has 18 heavy (non-hydrogen) atoms. The molecule has 1 saturated carbocycles. The molecule has 0 aliphatic heterocycles. The summed E-state index contributed by atoms with van der Waals surface area (Å²) >= 11 is 0. The first-order valence-electron chi connectivity index (χ1n) is 5.88. The van der Waals surface area contributed by atoms with Crippen LogP contribution in [0.5, 0.6) is 5.75 Å². The van der Waals surface area contributed by atoms with Crippen LogP contribution in [0.2, 0.25) is 0 Å². The number of aliphatic hydroxyl groups excluding tert-OH is 1. The number of anilines is 1. The molecule has 98 valence electrons. The number of nitro groups is 1. The second-order valence-electron chi connectivity index (χ2n) is 4.23. The fourth-order valence-corrected chi connectivity index (χ4v) is 2.08. The van der Waals surface area contributed by atoms with Crippen LogP contribution in [0.3, 0.4) is 0 Å². The number of aliphatic hydroxyl groups is 1. The molecule has 0 spiro atoms. The lowest BCUT2D eigenvalue weighted by atomic mass is 10.2. The predicted octanol–water partition coefficient (Wildman–Crippen LogP) is 1.56. The van der Waals surface area contributed by atoms with Gasteiger partial charge < -0.3 is 14.7 Å². The average molecular weight is 252 g/mol. The highest BCUT2D eigenvalue weighted by molar-refractivity contribution is 5.70. The molecule has 0 aromatic heterocycles. The van der Waals surface area contributed by atoms with Crippen molar-refractivity contribution >= 4 is 11.4 Å². The van der Waals surface area contributed by atoms with Crippen LogP contribution in [0.25, 0.3) is 0 Å². The summed E-state index contributed by atoms with van der Waals surface area (Å²) in [7, 11) is 1.42. The van der Waals surface area contributed by atoms with Crippen molar-refractivity contribution in [2.75, 3.05) is 25.2 Å². The molecule has 2 rings (SSSR count). The molecule has 0 amide bonds. The third kappa shape index (κ3) is 2.38. The summed E-state index contributed by atoms with van der Waals surface area (Å²) in [5, 5.41) is 20.3. The number of rotatable bonds is 6. The molecule has 0 atom stereocenters. The van der Waals surface area contributed by atoms with E-state index in [1.54, 1.807) is 18.2 Å². The molecule has 0 saturated heterocycles. The summed E-state index contributed by atoms with van der Waals surface area (Å²) in [6, 6.07) is 5.30. The van der Waals surface area contributed by atoms with Gasteiger partial charge in [0.1, 0.15) is 5.69 Å². The van der Waals surface area contributed by atoms with Gasteiger partial charge in [-0.05, 0) is 25.0 Å². The highest BCUT2D eigenvalue weighted by atomic mass is 16.6. The van der Waals surface area contributed by atoms with E-state index in [1.165, 1.54) is 7.11 Å². The number of hydrogen-bond acceptors (Lipinski definition) is 5. The number of hydrogen-bond donors (Lipinski definition) is 1. The van der Waals surface area contributed by atoms with Crippen molar-refractivity contribution in [3.63, 3.8) is 0 Å². The number of methoxy groups -OCH3 is 1. The van der Waals surface area contributed by atoms with E-state index in [9.17, 15) is 10.1 Å². The Balaban J connectivity index is 2.43. The molecule has 0 heterocycles. The zero-order valence-electron chi connectivity index (χ0n) is 10.2. The lowest BCUT2D eigenvalue weighted by molar-refractivity contribution is -0.385. The molecule has 1 aromatic rings. The van der Waals surface area contributed by atoms with E-state index < -0.39 is 4.92 Å². The quantitative estimate of drug-likeness (QED) is 0.614. The Morgan fingerprint density at radius 3 is 2.78 bits per heavy atom. The first kappa shape index (κ1) is 12.6. The van der Waals surface area contributed by atoms with E-state index in [1.807, 2.05) is 4.90 Å². The van der Waals surface area contributed by atoms with Crippen molar-refractivity contribution in [2.45, 2.75) is 18.9 Å². The average Bonchev–Trinajstić information content (AvgIpc) is 3.19. The highest BCUT2D eigenvalue weighted by Crippen LogP contribution is 2.41. The first-order chi connectivity index (χ1) is 8.69. The number of nitro benzene ring substituents is 1. The maximum absolute atomic E-state index is 11.2. The Hall–Kier alpha value is -1.82. The van der Waals surface area contributed by atoms with Crippen molar-refractivity contribution in [3.05, 3.63) is 28.3 Å². The molecule has 0 radical (unpaired) electrons. The van der Waals surface area contributed by atoms with Crippen LogP contribution in [-0.4, -0.2) is 36.3 Å². The molecular weight excluding hydrogens is 236 g/mol. The van der Waals surface area contributed by atoms with Gasteiger partial charge in [0.25, 0.3) is 0 Å². The normalized spacial score (nSPS) is 14.3. The molecule has 1 fully saturated rings. The Bertz CT molecular complexity index is 446. The predicted molar refractivity (Wildman–Crippen MR) is 67.1 cm³/mol. The largest absolute Gasteiger partial charge is 0.490 e. The van der Waals surface area contributed by atoms with Gasteiger partial charge in [-0.2, -0.15) is 0 Å². The molecule has 1 aliphatic rings. The topological polar surface area (TPSA) is 75.8 Å². The number of nitrogens with zero attached hydrogens (tertiary/aromatic N) is 2. The van der Waals surface area contributed by atoms with Crippen molar-refractivity contribution in [3.8, 4) is 5.75 Å². The van der Waals surface area contributed by atoms with Crippen LogP contribution in [0.1, 0.15) is 12.8 Å². The molecule has 6 nitrogen and oxygen atoms in total. The van der Waals surface area contributed by atoms with E-state index in [-0.39, 0.29) is 18.0 Å². The fraction of sp³-hybridized carbons (Fsp3) is 0.500. The van der Waals surface area contributed by atoms with Gasteiger partial charge in [0.2, 0.25) is 0 Å². The summed E-state index contributed by atoms with van der Waals surface area (Å²) in [4.78, 5) is 12.6. The summed E-state index contributed by atoms with van der Waals surface area (Å²) in [5.74, 6) is 0.251. The maximum Gasteiger partial charge on any atom is 0.333 e. The van der Waals surface area contributed by atoms with Gasteiger partial charge in [-0.25, -0.2) is 0 Å². The number of para-hydroxylation sites is 1. The summed E-state index contributed by atoms with van der Waals surface area (Å²) in [5.41, 5.74) is 0.497. The van der Waals surface area contributed by atoms with Crippen LogP contribution in [0.15, 0.2) is 18.2 Å².